The molecule has 0 aliphatic heterocycles. The van der Waals surface area contributed by atoms with Crippen LogP contribution in [0.4, 0.5) is 0 Å². The van der Waals surface area contributed by atoms with Gasteiger partial charge in [0, 0.05) is 0 Å². The van der Waals surface area contributed by atoms with Crippen LogP contribution < -0.4 is 0 Å². The predicted octanol–water partition coefficient (Wildman–Crippen LogP) is 0.774. The second kappa shape index (κ2) is 2.89. The molecule has 2 nitrogen and oxygen atoms in total. The molecule has 1 fully saturated rings. The monoisotopic (exact) mass is 144 g/mol. The fraction of sp³-hybridized carbons (Fsp3) is 1.00. The zero-order chi connectivity index (χ0) is 7.72. The van der Waals surface area contributed by atoms with Gasteiger partial charge < -0.3 is 10.2 Å². The Labute approximate surface area is 61.9 Å². The highest BCUT2D eigenvalue weighted by Gasteiger charge is 2.29. The van der Waals surface area contributed by atoms with Crippen molar-refractivity contribution in [1.82, 2.24) is 0 Å². The van der Waals surface area contributed by atoms with Gasteiger partial charge in [0.05, 0.1) is 12.2 Å². The van der Waals surface area contributed by atoms with Crippen molar-refractivity contribution in [3.8, 4) is 0 Å². The van der Waals surface area contributed by atoms with E-state index >= 15 is 0 Å². The molecular formula is C8H16O2. The number of hydrogen-bond acceptors (Lipinski definition) is 2. The minimum absolute atomic E-state index is 0.286. The Morgan fingerprint density at radius 3 is 1.60 bits per heavy atom. The van der Waals surface area contributed by atoms with Gasteiger partial charge in [-0.25, -0.2) is 0 Å². The van der Waals surface area contributed by atoms with Gasteiger partial charge in [0.2, 0.25) is 0 Å². The summed E-state index contributed by atoms with van der Waals surface area (Å²) in [4.78, 5) is 0. The lowest BCUT2D eigenvalue weighted by atomic mass is 9.79. The largest absolute Gasteiger partial charge is 0.393 e. The number of aliphatic hydroxyl groups is 2. The molecule has 0 saturated heterocycles. The van der Waals surface area contributed by atoms with Crippen LogP contribution in [0.5, 0.6) is 0 Å². The predicted molar refractivity (Wildman–Crippen MR) is 39.6 cm³/mol. The highest BCUT2D eigenvalue weighted by molar-refractivity contribution is 4.80. The Kier molecular flexibility index (Phi) is 2.32. The summed E-state index contributed by atoms with van der Waals surface area (Å²) >= 11 is 0. The van der Waals surface area contributed by atoms with Crippen molar-refractivity contribution < 1.29 is 10.2 Å². The Bertz CT molecular complexity index is 87.8. The SMILES string of the molecule is C[C@@H]1C[C@H](C)[C@@H](O)C[C@@H]1O. The van der Waals surface area contributed by atoms with Crippen LogP contribution in [0.3, 0.4) is 0 Å². The molecule has 1 aliphatic rings. The van der Waals surface area contributed by atoms with E-state index in [1.165, 1.54) is 0 Å². The molecule has 0 aromatic rings. The summed E-state index contributed by atoms with van der Waals surface area (Å²) in [6.45, 7) is 4.07. The second-order valence-electron chi connectivity index (χ2n) is 3.56. The van der Waals surface area contributed by atoms with Crippen molar-refractivity contribution in [3.63, 3.8) is 0 Å². The average molecular weight is 144 g/mol. The number of aliphatic hydroxyl groups excluding tert-OH is 2. The second-order valence-corrected chi connectivity index (χ2v) is 3.56. The lowest BCUT2D eigenvalue weighted by Gasteiger charge is -2.33. The molecule has 60 valence electrons. The third-order valence-corrected chi connectivity index (χ3v) is 2.54. The molecule has 0 aromatic heterocycles. The van der Waals surface area contributed by atoms with Gasteiger partial charge in [-0.2, -0.15) is 0 Å². The molecule has 2 heteroatoms. The molecule has 0 bridgehead atoms. The van der Waals surface area contributed by atoms with E-state index in [-0.39, 0.29) is 12.2 Å². The van der Waals surface area contributed by atoms with Gasteiger partial charge in [-0.05, 0) is 24.7 Å². The van der Waals surface area contributed by atoms with Crippen molar-refractivity contribution in [2.75, 3.05) is 0 Å². The van der Waals surface area contributed by atoms with Gasteiger partial charge in [-0.3, -0.25) is 0 Å². The summed E-state index contributed by atoms with van der Waals surface area (Å²) in [6, 6.07) is 0. The maximum absolute atomic E-state index is 9.31. The van der Waals surface area contributed by atoms with Gasteiger partial charge in [0.15, 0.2) is 0 Å². The van der Waals surface area contributed by atoms with E-state index in [4.69, 9.17) is 0 Å². The molecule has 0 heterocycles. The van der Waals surface area contributed by atoms with Gasteiger partial charge in [0.25, 0.3) is 0 Å². The van der Waals surface area contributed by atoms with E-state index in [9.17, 15) is 10.2 Å². The van der Waals surface area contributed by atoms with Crippen LogP contribution in [0.15, 0.2) is 0 Å². The van der Waals surface area contributed by atoms with Crippen LogP contribution in [0, 0.1) is 11.8 Å². The van der Waals surface area contributed by atoms with E-state index in [1.54, 1.807) is 0 Å². The van der Waals surface area contributed by atoms with Crippen LogP contribution in [-0.4, -0.2) is 22.4 Å². The highest BCUT2D eigenvalue weighted by atomic mass is 16.3. The molecular weight excluding hydrogens is 128 g/mol. The lowest BCUT2D eigenvalue weighted by Crippen LogP contribution is -2.35. The van der Waals surface area contributed by atoms with Crippen molar-refractivity contribution in [2.24, 2.45) is 11.8 Å². The van der Waals surface area contributed by atoms with Crippen LogP contribution in [0.1, 0.15) is 26.7 Å². The van der Waals surface area contributed by atoms with E-state index < -0.39 is 0 Å². The fourth-order valence-corrected chi connectivity index (χ4v) is 1.61. The Hall–Kier alpha value is -0.0800. The molecule has 1 aliphatic carbocycles. The molecule has 1 rings (SSSR count). The van der Waals surface area contributed by atoms with Gasteiger partial charge >= 0.3 is 0 Å². The fourth-order valence-electron chi connectivity index (χ4n) is 1.61. The molecule has 0 radical (unpaired) electrons. The first-order valence-electron chi connectivity index (χ1n) is 3.97. The zero-order valence-electron chi connectivity index (χ0n) is 6.62. The van der Waals surface area contributed by atoms with Gasteiger partial charge in [-0.15, -0.1) is 0 Å². The van der Waals surface area contributed by atoms with Crippen LogP contribution in [0.2, 0.25) is 0 Å². The highest BCUT2D eigenvalue weighted by Crippen LogP contribution is 2.28. The maximum atomic E-state index is 9.31. The van der Waals surface area contributed by atoms with Crippen molar-refractivity contribution in [1.29, 1.82) is 0 Å². The van der Waals surface area contributed by atoms with Gasteiger partial charge in [-0.1, -0.05) is 13.8 Å². The van der Waals surface area contributed by atoms with Crippen molar-refractivity contribution >= 4 is 0 Å². The van der Waals surface area contributed by atoms with Crippen LogP contribution >= 0.6 is 0 Å². The summed E-state index contributed by atoms with van der Waals surface area (Å²) in [7, 11) is 0. The summed E-state index contributed by atoms with van der Waals surface area (Å²) < 4.78 is 0. The zero-order valence-corrected chi connectivity index (χ0v) is 6.62. The Morgan fingerprint density at radius 1 is 0.900 bits per heavy atom. The maximum Gasteiger partial charge on any atom is 0.0590 e. The Balaban J connectivity index is 2.46. The first-order valence-corrected chi connectivity index (χ1v) is 3.97. The molecule has 0 spiro atoms. The van der Waals surface area contributed by atoms with Crippen LogP contribution in [-0.2, 0) is 0 Å². The summed E-state index contributed by atoms with van der Waals surface area (Å²) in [5.74, 6) is 0.719. The summed E-state index contributed by atoms with van der Waals surface area (Å²) in [5.41, 5.74) is 0. The van der Waals surface area contributed by atoms with Crippen molar-refractivity contribution in [2.45, 2.75) is 38.9 Å². The van der Waals surface area contributed by atoms with Crippen molar-refractivity contribution in [3.05, 3.63) is 0 Å². The molecule has 10 heavy (non-hydrogen) atoms. The summed E-state index contributed by atoms with van der Waals surface area (Å²) in [6.07, 6.45) is 0.933. The minimum Gasteiger partial charge on any atom is -0.393 e. The van der Waals surface area contributed by atoms with E-state index in [2.05, 4.69) is 0 Å². The van der Waals surface area contributed by atoms with E-state index in [0.29, 0.717) is 18.3 Å². The number of hydrogen-bond donors (Lipinski definition) is 2. The van der Waals surface area contributed by atoms with Crippen LogP contribution in [0.25, 0.3) is 0 Å². The number of rotatable bonds is 0. The smallest absolute Gasteiger partial charge is 0.0590 e. The molecule has 2 N–H and O–H groups in total. The molecule has 0 unspecified atom stereocenters. The van der Waals surface area contributed by atoms with E-state index in [0.717, 1.165) is 6.42 Å². The minimum atomic E-state index is -0.286. The average Bonchev–Trinajstić information content (AvgIpc) is 1.84. The first-order chi connectivity index (χ1) is 4.61. The topological polar surface area (TPSA) is 40.5 Å². The van der Waals surface area contributed by atoms with Gasteiger partial charge in [0.1, 0.15) is 0 Å². The molecule has 1 saturated carbocycles. The third-order valence-electron chi connectivity index (χ3n) is 2.54. The quantitative estimate of drug-likeness (QED) is 0.527. The standard InChI is InChI=1S/C8H16O2/c1-5-3-6(2)8(10)4-7(5)9/h5-10H,3-4H2,1-2H3/t5-,6+,7-,8-/m0/s1. The normalized spacial score (nSPS) is 49.2. The first kappa shape index (κ1) is 8.02. The molecule has 0 amide bonds. The summed E-state index contributed by atoms with van der Waals surface area (Å²) in [5, 5.41) is 18.6. The molecule has 0 aromatic carbocycles. The molecule has 4 atom stereocenters. The third kappa shape index (κ3) is 1.50. The Morgan fingerprint density at radius 2 is 1.30 bits per heavy atom. The van der Waals surface area contributed by atoms with E-state index in [1.807, 2.05) is 13.8 Å². The lowest BCUT2D eigenvalue weighted by molar-refractivity contribution is -0.0237.